The quantitative estimate of drug-likeness (QED) is 0.717. The molecule has 0 fully saturated rings. The average Bonchev–Trinajstić information content (AvgIpc) is 2.45. The highest BCUT2D eigenvalue weighted by atomic mass is 32.1. The molecule has 1 aromatic rings. The van der Waals surface area contributed by atoms with Crippen molar-refractivity contribution in [2.24, 2.45) is 10.7 Å². The Bertz CT molecular complexity index is 255. The Balaban J connectivity index is 2.33. The molecule has 0 aromatic carbocycles. The van der Waals surface area contributed by atoms with Gasteiger partial charge in [0, 0.05) is 17.3 Å². The van der Waals surface area contributed by atoms with Crippen LogP contribution in [-0.4, -0.2) is 17.7 Å². The lowest BCUT2D eigenvalue weighted by Gasteiger charge is -1.87. The van der Waals surface area contributed by atoms with Crippen molar-refractivity contribution < 1.29 is 0 Å². The van der Waals surface area contributed by atoms with Crippen LogP contribution in [0.1, 0.15) is 16.3 Å². The van der Waals surface area contributed by atoms with Crippen LogP contribution in [0.4, 0.5) is 0 Å². The fourth-order valence-corrected chi connectivity index (χ4v) is 1.53. The van der Waals surface area contributed by atoms with Gasteiger partial charge >= 0.3 is 0 Å². The lowest BCUT2D eigenvalue weighted by molar-refractivity contribution is 1.03. The van der Waals surface area contributed by atoms with Gasteiger partial charge in [0.1, 0.15) is 0 Å². The molecule has 0 spiro atoms. The van der Waals surface area contributed by atoms with E-state index >= 15 is 0 Å². The van der Waals surface area contributed by atoms with Gasteiger partial charge in [0.15, 0.2) is 0 Å². The van der Waals surface area contributed by atoms with Gasteiger partial charge in [0.2, 0.25) is 0 Å². The Morgan fingerprint density at radius 3 is 3.17 bits per heavy atom. The highest BCUT2D eigenvalue weighted by Crippen LogP contribution is 2.11. The highest BCUT2D eigenvalue weighted by Gasteiger charge is 1.94. The molecule has 0 aliphatic rings. The van der Waals surface area contributed by atoms with Crippen LogP contribution >= 0.6 is 11.3 Å². The summed E-state index contributed by atoms with van der Waals surface area (Å²) in [5.41, 5.74) is 5.31. The number of hydrogen-bond donors (Lipinski definition) is 1. The van der Waals surface area contributed by atoms with E-state index in [1.54, 1.807) is 11.3 Å². The number of nitrogens with zero attached hydrogens (tertiary/aromatic N) is 2. The van der Waals surface area contributed by atoms with E-state index in [0.717, 1.165) is 18.0 Å². The van der Waals surface area contributed by atoms with Crippen LogP contribution in [0.15, 0.2) is 11.2 Å². The van der Waals surface area contributed by atoms with Crippen LogP contribution in [0.3, 0.4) is 0 Å². The number of aromatic nitrogens is 1. The van der Waals surface area contributed by atoms with E-state index < -0.39 is 0 Å². The van der Waals surface area contributed by atoms with Crippen LogP contribution in [0.25, 0.3) is 0 Å². The van der Waals surface area contributed by atoms with E-state index in [1.807, 2.05) is 19.3 Å². The molecule has 1 aromatic heterocycles. The van der Waals surface area contributed by atoms with Gasteiger partial charge in [0.25, 0.3) is 0 Å². The second kappa shape index (κ2) is 5.00. The first-order chi connectivity index (χ1) is 5.83. The first kappa shape index (κ1) is 9.35. The van der Waals surface area contributed by atoms with Crippen molar-refractivity contribution in [3.8, 4) is 0 Å². The van der Waals surface area contributed by atoms with Crippen molar-refractivity contribution in [3.05, 3.63) is 16.1 Å². The smallest absolute Gasteiger partial charge is 0.0897 e. The molecule has 1 heterocycles. The van der Waals surface area contributed by atoms with E-state index in [0.29, 0.717) is 6.54 Å². The zero-order valence-corrected chi connectivity index (χ0v) is 7.97. The van der Waals surface area contributed by atoms with E-state index in [1.165, 1.54) is 4.88 Å². The Morgan fingerprint density at radius 2 is 2.58 bits per heavy atom. The van der Waals surface area contributed by atoms with Crippen molar-refractivity contribution in [2.75, 3.05) is 6.54 Å². The summed E-state index contributed by atoms with van der Waals surface area (Å²) in [4.78, 5) is 9.55. The number of rotatable bonds is 4. The molecule has 12 heavy (non-hydrogen) atoms. The molecule has 0 amide bonds. The lowest BCUT2D eigenvalue weighted by atomic mass is 10.5. The number of nitrogens with two attached hydrogens (primary N) is 1. The number of thiazole rings is 1. The van der Waals surface area contributed by atoms with Crippen LogP contribution in [0, 0.1) is 6.92 Å². The molecule has 0 bridgehead atoms. The fraction of sp³-hybridized carbons (Fsp3) is 0.500. The Hall–Kier alpha value is -0.740. The zero-order valence-electron chi connectivity index (χ0n) is 7.16. The van der Waals surface area contributed by atoms with Crippen LogP contribution in [0.2, 0.25) is 0 Å². The Morgan fingerprint density at radius 1 is 1.75 bits per heavy atom. The molecular formula is C8H13N3S. The first-order valence-electron chi connectivity index (χ1n) is 3.92. The van der Waals surface area contributed by atoms with Gasteiger partial charge in [-0.15, -0.1) is 11.3 Å². The summed E-state index contributed by atoms with van der Waals surface area (Å²) in [6, 6.07) is 0. The van der Waals surface area contributed by atoms with Crippen LogP contribution in [-0.2, 0) is 6.54 Å². The topological polar surface area (TPSA) is 51.3 Å². The molecule has 3 nitrogen and oxygen atoms in total. The second-order valence-electron chi connectivity index (χ2n) is 2.45. The number of aliphatic imine (C=N–C) groups is 1. The first-order valence-corrected chi connectivity index (χ1v) is 4.74. The van der Waals surface area contributed by atoms with Gasteiger partial charge in [-0.1, -0.05) is 0 Å². The average molecular weight is 183 g/mol. The van der Waals surface area contributed by atoms with Gasteiger partial charge in [-0.3, -0.25) is 4.99 Å². The maximum atomic E-state index is 5.31. The molecule has 4 heteroatoms. The molecule has 0 unspecified atom stereocenters. The minimum absolute atomic E-state index is 0.672. The normalized spacial score (nSPS) is 11.2. The monoisotopic (exact) mass is 183 g/mol. The third-order valence-corrected chi connectivity index (χ3v) is 2.24. The molecule has 66 valence electrons. The van der Waals surface area contributed by atoms with Gasteiger partial charge in [0.05, 0.1) is 11.6 Å². The summed E-state index contributed by atoms with van der Waals surface area (Å²) in [7, 11) is 0. The van der Waals surface area contributed by atoms with E-state index in [-0.39, 0.29) is 0 Å². The molecule has 0 aliphatic carbocycles. The molecule has 0 aliphatic heterocycles. The molecule has 0 radical (unpaired) electrons. The van der Waals surface area contributed by atoms with Crippen molar-refractivity contribution >= 4 is 17.6 Å². The van der Waals surface area contributed by atoms with E-state index in [4.69, 9.17) is 5.73 Å². The minimum atomic E-state index is 0.672. The Labute approximate surface area is 76.4 Å². The predicted octanol–water partition coefficient (Wildman–Crippen LogP) is 1.37. The maximum Gasteiger partial charge on any atom is 0.0897 e. The van der Waals surface area contributed by atoms with Gasteiger partial charge < -0.3 is 5.73 Å². The zero-order chi connectivity index (χ0) is 8.81. The maximum absolute atomic E-state index is 5.31. The summed E-state index contributed by atoms with van der Waals surface area (Å²) in [5.74, 6) is 0. The van der Waals surface area contributed by atoms with Gasteiger partial charge in [-0.25, -0.2) is 4.98 Å². The van der Waals surface area contributed by atoms with Gasteiger partial charge in [-0.05, 0) is 19.9 Å². The summed E-state index contributed by atoms with van der Waals surface area (Å²) in [5, 5.41) is 1.10. The molecule has 0 saturated heterocycles. The summed E-state index contributed by atoms with van der Waals surface area (Å²) in [6.45, 7) is 3.41. The summed E-state index contributed by atoms with van der Waals surface area (Å²) < 4.78 is 0. The predicted molar refractivity (Wildman–Crippen MR) is 52.7 cm³/mol. The standard InChI is InChI=1S/C8H13N3S/c1-7-11-6-8(12-7)5-10-4-2-3-9/h4,6H,2-3,5,9H2,1H3. The Kier molecular flexibility index (Phi) is 3.90. The SMILES string of the molecule is Cc1ncc(CN=CCCN)s1. The van der Waals surface area contributed by atoms with E-state index in [2.05, 4.69) is 9.98 Å². The van der Waals surface area contributed by atoms with Crippen molar-refractivity contribution in [3.63, 3.8) is 0 Å². The van der Waals surface area contributed by atoms with Crippen LogP contribution in [0.5, 0.6) is 0 Å². The van der Waals surface area contributed by atoms with Gasteiger partial charge in [-0.2, -0.15) is 0 Å². The van der Waals surface area contributed by atoms with Crippen molar-refractivity contribution in [1.82, 2.24) is 4.98 Å². The molecular weight excluding hydrogens is 170 g/mol. The number of hydrogen-bond acceptors (Lipinski definition) is 4. The molecule has 2 N–H and O–H groups in total. The van der Waals surface area contributed by atoms with Crippen molar-refractivity contribution in [1.29, 1.82) is 0 Å². The molecule has 0 atom stereocenters. The largest absolute Gasteiger partial charge is 0.330 e. The minimum Gasteiger partial charge on any atom is -0.330 e. The molecule has 1 rings (SSSR count). The van der Waals surface area contributed by atoms with Crippen LogP contribution < -0.4 is 5.73 Å². The van der Waals surface area contributed by atoms with E-state index in [9.17, 15) is 0 Å². The lowest BCUT2D eigenvalue weighted by Crippen LogP contribution is -1.98. The number of aryl methyl sites for hydroxylation is 1. The molecule has 0 saturated carbocycles. The third kappa shape index (κ3) is 3.11. The second-order valence-corrected chi connectivity index (χ2v) is 3.77. The summed E-state index contributed by atoms with van der Waals surface area (Å²) >= 11 is 1.69. The fourth-order valence-electron chi connectivity index (χ4n) is 0.799. The summed E-state index contributed by atoms with van der Waals surface area (Å²) in [6.07, 6.45) is 4.60. The highest BCUT2D eigenvalue weighted by molar-refractivity contribution is 7.11. The third-order valence-electron chi connectivity index (χ3n) is 1.34. The van der Waals surface area contributed by atoms with Crippen molar-refractivity contribution in [2.45, 2.75) is 19.9 Å².